The number of anilines is 1. The van der Waals surface area contributed by atoms with E-state index in [1.54, 1.807) is 30.3 Å². The van der Waals surface area contributed by atoms with Crippen molar-refractivity contribution in [3.63, 3.8) is 0 Å². The highest BCUT2D eigenvalue weighted by Crippen LogP contribution is 2.31. The van der Waals surface area contributed by atoms with Gasteiger partial charge < -0.3 is 4.74 Å². The van der Waals surface area contributed by atoms with Crippen molar-refractivity contribution < 1.29 is 27.5 Å². The number of halogens is 3. The maximum Gasteiger partial charge on any atom is 0.573 e. The molecule has 2 heterocycles. The molecule has 218 valence electrons. The van der Waals surface area contributed by atoms with Crippen LogP contribution in [0, 0.1) is 6.92 Å². The van der Waals surface area contributed by atoms with E-state index in [0.717, 1.165) is 22.9 Å². The number of nitrogens with one attached hydrogen (secondary N) is 1. The molecule has 3 aromatic carbocycles. The van der Waals surface area contributed by atoms with Crippen LogP contribution in [-0.4, -0.2) is 50.2 Å². The zero-order valence-corrected chi connectivity index (χ0v) is 23.3. The van der Waals surface area contributed by atoms with Crippen LogP contribution < -0.4 is 15.1 Å². The van der Waals surface area contributed by atoms with E-state index in [1.807, 2.05) is 25.1 Å². The van der Waals surface area contributed by atoms with Crippen LogP contribution in [0.25, 0.3) is 23.2 Å². The largest absolute Gasteiger partial charge is 0.573 e. The number of thioether (sulfide) groups is 1. The van der Waals surface area contributed by atoms with Gasteiger partial charge in [-0.25, -0.2) is 19.9 Å². The number of benzene rings is 3. The van der Waals surface area contributed by atoms with Crippen molar-refractivity contribution in [3.05, 3.63) is 96.3 Å². The topological polar surface area (TPSA) is 114 Å². The molecule has 4 aromatic rings. The molecule has 1 aliphatic rings. The van der Waals surface area contributed by atoms with Gasteiger partial charge in [0.1, 0.15) is 12.1 Å². The molecule has 0 atom stereocenters. The summed E-state index contributed by atoms with van der Waals surface area (Å²) in [4.78, 5) is 34.8. The first-order valence-electron chi connectivity index (χ1n) is 12.6. The zero-order valence-electron chi connectivity index (χ0n) is 22.4. The number of ether oxygens (including phenoxy) is 1. The summed E-state index contributed by atoms with van der Waals surface area (Å²) in [6, 6.07) is 17.1. The molecule has 14 heteroatoms. The Kier molecular flexibility index (Phi) is 8.39. The highest BCUT2D eigenvalue weighted by atomic mass is 32.2. The Labute approximate surface area is 247 Å². The average Bonchev–Trinajstić information content (AvgIpc) is 3.60. The van der Waals surface area contributed by atoms with Gasteiger partial charge in [0.25, 0.3) is 0 Å². The molecule has 0 radical (unpaired) electrons. The maximum atomic E-state index is 12.6. The molecule has 1 N–H and O–H groups in total. The molecule has 1 aliphatic heterocycles. The molecule has 5 rings (SSSR count). The number of carbonyl (C=O) groups excluding carboxylic acids is 2. The van der Waals surface area contributed by atoms with Gasteiger partial charge in [0.15, 0.2) is 11.0 Å². The number of rotatable bonds is 7. The first-order chi connectivity index (χ1) is 20.6. The third-order valence-corrected chi connectivity index (χ3v) is 6.90. The van der Waals surface area contributed by atoms with E-state index in [4.69, 9.17) is 0 Å². The fourth-order valence-corrected chi connectivity index (χ4v) is 4.87. The van der Waals surface area contributed by atoms with Crippen LogP contribution >= 0.6 is 11.8 Å². The van der Waals surface area contributed by atoms with E-state index in [2.05, 4.69) is 36.9 Å². The predicted molar refractivity (Wildman–Crippen MR) is 158 cm³/mol. The first kappa shape index (κ1) is 29.3. The lowest BCUT2D eigenvalue weighted by molar-refractivity contribution is -0.274. The summed E-state index contributed by atoms with van der Waals surface area (Å²) in [5.41, 5.74) is 6.48. The summed E-state index contributed by atoms with van der Waals surface area (Å²) in [6.07, 6.45) is -0.261. The van der Waals surface area contributed by atoms with Crippen LogP contribution in [0.4, 0.5) is 23.7 Å². The number of carbonyl (C=O) groups is 2. The summed E-state index contributed by atoms with van der Waals surface area (Å²) in [5.74, 6) is 0.0188. The number of alkyl halides is 3. The fraction of sp³-hybridized carbons (Fsp3) is 0.103. The molecule has 1 fully saturated rings. The van der Waals surface area contributed by atoms with Crippen LogP contribution in [-0.2, 0) is 4.79 Å². The number of aliphatic imine (C=N–C) groups is 1. The van der Waals surface area contributed by atoms with E-state index in [1.165, 1.54) is 46.4 Å². The highest BCUT2D eigenvalue weighted by molar-refractivity contribution is 8.15. The van der Waals surface area contributed by atoms with E-state index in [0.29, 0.717) is 28.3 Å². The molecule has 0 spiro atoms. The van der Waals surface area contributed by atoms with Gasteiger partial charge in [-0.2, -0.15) is 10.1 Å². The fourth-order valence-electron chi connectivity index (χ4n) is 4.01. The van der Waals surface area contributed by atoms with Gasteiger partial charge in [0, 0.05) is 5.56 Å². The minimum atomic E-state index is -4.77. The standard InChI is InChI=1S/C29H22F3N7O3S/c1-3-20-7-4-18(2)14-24(20)39-25(40)16-43-28(39)35-27(41)36-34-15-19-5-8-21(9-6-19)26-33-17-38(37-26)22-10-12-23(13-11-22)42-29(30,31)32/h3-15,17H,1,16H2,2H3,(H,36,41)/b34-15+,35-28?. The monoisotopic (exact) mass is 605 g/mol. The van der Waals surface area contributed by atoms with E-state index < -0.39 is 12.4 Å². The third-order valence-electron chi connectivity index (χ3n) is 5.98. The number of nitrogens with zero attached hydrogens (tertiary/aromatic N) is 6. The molecule has 0 unspecified atom stereocenters. The summed E-state index contributed by atoms with van der Waals surface area (Å²) in [7, 11) is 0. The smallest absolute Gasteiger partial charge is 0.406 e. The second-order valence-corrected chi connectivity index (χ2v) is 9.97. The number of hydrogen-bond acceptors (Lipinski definition) is 7. The Balaban J connectivity index is 1.21. The van der Waals surface area contributed by atoms with Crippen LogP contribution in [0.3, 0.4) is 0 Å². The lowest BCUT2D eigenvalue weighted by atomic mass is 10.1. The number of aromatic nitrogens is 3. The normalized spacial score (nSPS) is 14.5. The Morgan fingerprint density at radius 2 is 1.86 bits per heavy atom. The minimum absolute atomic E-state index is 0.155. The molecule has 10 nitrogen and oxygen atoms in total. The van der Waals surface area contributed by atoms with E-state index in [9.17, 15) is 22.8 Å². The molecule has 43 heavy (non-hydrogen) atoms. The molecular formula is C29H22F3N7O3S. The molecule has 1 saturated heterocycles. The summed E-state index contributed by atoms with van der Waals surface area (Å²) in [5, 5.41) is 8.56. The quantitative estimate of drug-likeness (QED) is 0.205. The lowest BCUT2D eigenvalue weighted by Gasteiger charge is -2.19. The van der Waals surface area contributed by atoms with Gasteiger partial charge in [0.05, 0.1) is 23.3 Å². The van der Waals surface area contributed by atoms with Crippen molar-refractivity contribution in [2.45, 2.75) is 13.3 Å². The van der Waals surface area contributed by atoms with Crippen molar-refractivity contribution in [1.82, 2.24) is 20.2 Å². The van der Waals surface area contributed by atoms with Crippen molar-refractivity contribution >= 4 is 46.8 Å². The second-order valence-electron chi connectivity index (χ2n) is 9.03. The first-order valence-corrected chi connectivity index (χ1v) is 13.6. The van der Waals surface area contributed by atoms with Gasteiger partial charge in [-0.05, 0) is 53.9 Å². The second kappa shape index (κ2) is 12.3. The van der Waals surface area contributed by atoms with Crippen molar-refractivity contribution in [2.24, 2.45) is 10.1 Å². The Bertz CT molecular complexity index is 1730. The van der Waals surface area contributed by atoms with Gasteiger partial charge in [0.2, 0.25) is 5.91 Å². The lowest BCUT2D eigenvalue weighted by Crippen LogP contribution is -2.31. The number of amides is 3. The van der Waals surface area contributed by atoms with Gasteiger partial charge in [-0.1, -0.05) is 60.8 Å². The molecule has 1 aromatic heterocycles. The van der Waals surface area contributed by atoms with Gasteiger partial charge in [-0.3, -0.25) is 9.69 Å². The van der Waals surface area contributed by atoms with E-state index in [-0.39, 0.29) is 22.6 Å². The summed E-state index contributed by atoms with van der Waals surface area (Å²) < 4.78 is 42.4. The van der Waals surface area contributed by atoms with Gasteiger partial charge >= 0.3 is 12.4 Å². The number of aryl methyl sites for hydroxylation is 1. The third kappa shape index (κ3) is 7.16. The molecular weight excluding hydrogens is 583 g/mol. The molecule has 3 amide bonds. The number of hydrazone groups is 1. The van der Waals surface area contributed by atoms with Crippen LogP contribution in [0.5, 0.6) is 5.75 Å². The predicted octanol–water partition coefficient (Wildman–Crippen LogP) is 5.96. The van der Waals surface area contributed by atoms with Crippen molar-refractivity contribution in [1.29, 1.82) is 0 Å². The highest BCUT2D eigenvalue weighted by Gasteiger charge is 2.32. The van der Waals surface area contributed by atoms with Crippen LogP contribution in [0.1, 0.15) is 16.7 Å². The Morgan fingerprint density at radius 1 is 1.12 bits per heavy atom. The zero-order chi connectivity index (χ0) is 30.6. The Hall–Kier alpha value is -5.24. The molecule has 0 saturated carbocycles. The Morgan fingerprint density at radius 3 is 2.56 bits per heavy atom. The number of amidine groups is 1. The van der Waals surface area contributed by atoms with E-state index >= 15 is 0 Å². The van der Waals surface area contributed by atoms with Crippen molar-refractivity contribution in [3.8, 4) is 22.8 Å². The number of urea groups is 1. The summed E-state index contributed by atoms with van der Waals surface area (Å²) in [6.45, 7) is 5.70. The SMILES string of the molecule is C=Cc1ccc(C)cc1N1C(=O)CSC1=NC(=O)N/N=C/c1ccc(-c2ncn(-c3ccc(OC(F)(F)F)cc3)n2)cc1. The number of hydrogen-bond donors (Lipinski definition) is 1. The van der Waals surface area contributed by atoms with Crippen LogP contribution in [0.15, 0.2) is 89.7 Å². The summed E-state index contributed by atoms with van der Waals surface area (Å²) >= 11 is 1.16. The minimum Gasteiger partial charge on any atom is -0.406 e. The van der Waals surface area contributed by atoms with Crippen molar-refractivity contribution in [2.75, 3.05) is 10.7 Å². The molecule has 0 bridgehead atoms. The van der Waals surface area contributed by atoms with Crippen LogP contribution in [0.2, 0.25) is 0 Å². The average molecular weight is 606 g/mol. The maximum absolute atomic E-state index is 12.6. The van der Waals surface area contributed by atoms with Gasteiger partial charge in [-0.15, -0.1) is 18.3 Å². The molecule has 0 aliphatic carbocycles.